The highest BCUT2D eigenvalue weighted by atomic mass is 79.9. The minimum absolute atomic E-state index is 0.00464. The third-order valence-electron chi connectivity index (χ3n) is 6.20. The second-order valence-corrected chi connectivity index (χ2v) is 13.9. The molecule has 0 heterocycles. The zero-order chi connectivity index (χ0) is 30.5. The Hall–Kier alpha value is -3.08. The van der Waals surface area contributed by atoms with E-state index >= 15 is 0 Å². The van der Waals surface area contributed by atoms with Crippen LogP contribution >= 0.6 is 27.5 Å². The van der Waals surface area contributed by atoms with E-state index in [1.807, 2.05) is 52.0 Å². The molecule has 0 aliphatic rings. The summed E-state index contributed by atoms with van der Waals surface area (Å²) in [6.07, 6.45) is 0. The van der Waals surface area contributed by atoms with Crippen LogP contribution in [0.25, 0.3) is 0 Å². The van der Waals surface area contributed by atoms with Crippen molar-refractivity contribution in [1.29, 1.82) is 0 Å². The van der Waals surface area contributed by atoms with Crippen LogP contribution in [-0.4, -0.2) is 50.4 Å². The molecule has 1 unspecified atom stereocenters. The molecule has 0 aliphatic heterocycles. The van der Waals surface area contributed by atoms with Gasteiger partial charge >= 0.3 is 0 Å². The second kappa shape index (κ2) is 13.3. The van der Waals surface area contributed by atoms with Crippen LogP contribution in [0.3, 0.4) is 0 Å². The van der Waals surface area contributed by atoms with E-state index in [4.69, 9.17) is 16.3 Å². The van der Waals surface area contributed by atoms with Crippen molar-refractivity contribution >= 4 is 55.1 Å². The van der Waals surface area contributed by atoms with Crippen molar-refractivity contribution in [3.8, 4) is 5.75 Å². The van der Waals surface area contributed by atoms with Gasteiger partial charge in [0.05, 0.1) is 17.7 Å². The van der Waals surface area contributed by atoms with Crippen molar-refractivity contribution < 1.29 is 22.7 Å². The van der Waals surface area contributed by atoms with E-state index in [9.17, 15) is 18.0 Å². The number of sulfonamides is 1. The maximum absolute atomic E-state index is 14.1. The van der Waals surface area contributed by atoms with Crippen molar-refractivity contribution in [1.82, 2.24) is 10.2 Å². The van der Waals surface area contributed by atoms with Crippen LogP contribution in [0, 0.1) is 6.92 Å². The molecule has 3 aromatic carbocycles. The number of hydrogen-bond acceptors (Lipinski definition) is 5. The fourth-order valence-electron chi connectivity index (χ4n) is 4.10. The van der Waals surface area contributed by atoms with Gasteiger partial charge in [0, 0.05) is 21.6 Å². The fraction of sp³-hybridized carbons (Fsp3) is 0.333. The summed E-state index contributed by atoms with van der Waals surface area (Å²) in [5.74, 6) is -0.733. The standard InChI is InChI=1S/C30H35BrClN3O5S/c1-20-10-13-25(14-11-20)41(38,39)35(26-17-24(32)12-15-27(26)40-6)19-28(36)34(18-22-8-7-9-23(31)16-22)21(2)29(37)33-30(3,4)5/h7-17,21H,18-19H2,1-6H3,(H,33,37). The van der Waals surface area contributed by atoms with Gasteiger partial charge in [-0.05, 0) is 82.6 Å². The molecule has 11 heteroatoms. The Balaban J connectivity index is 2.11. The highest BCUT2D eigenvalue weighted by Gasteiger charge is 2.34. The Morgan fingerprint density at radius 1 is 1.05 bits per heavy atom. The summed E-state index contributed by atoms with van der Waals surface area (Å²) in [6, 6.07) is 17.3. The number of nitrogens with zero attached hydrogens (tertiary/aromatic N) is 2. The number of amides is 2. The van der Waals surface area contributed by atoms with Gasteiger partial charge in [-0.3, -0.25) is 13.9 Å². The lowest BCUT2D eigenvalue weighted by molar-refractivity contribution is -0.140. The lowest BCUT2D eigenvalue weighted by atomic mass is 10.1. The molecule has 0 saturated heterocycles. The van der Waals surface area contributed by atoms with E-state index in [0.29, 0.717) is 0 Å². The molecule has 0 fully saturated rings. The number of nitrogens with one attached hydrogen (secondary N) is 1. The molecule has 0 bridgehead atoms. The van der Waals surface area contributed by atoms with Gasteiger partial charge in [-0.1, -0.05) is 57.4 Å². The van der Waals surface area contributed by atoms with Crippen molar-refractivity contribution in [2.24, 2.45) is 0 Å². The molecule has 2 amide bonds. The van der Waals surface area contributed by atoms with Crippen LogP contribution in [-0.2, 0) is 26.2 Å². The largest absolute Gasteiger partial charge is 0.495 e. The Labute approximate surface area is 255 Å². The van der Waals surface area contributed by atoms with Gasteiger partial charge in [-0.2, -0.15) is 0 Å². The highest BCUT2D eigenvalue weighted by Crippen LogP contribution is 2.35. The predicted octanol–water partition coefficient (Wildman–Crippen LogP) is 5.95. The van der Waals surface area contributed by atoms with Crippen LogP contribution < -0.4 is 14.4 Å². The maximum Gasteiger partial charge on any atom is 0.264 e. The molecule has 220 valence electrons. The minimum Gasteiger partial charge on any atom is -0.495 e. The summed E-state index contributed by atoms with van der Waals surface area (Å²) < 4.78 is 35.3. The number of methoxy groups -OCH3 is 1. The number of carbonyl (C=O) groups is 2. The summed E-state index contributed by atoms with van der Waals surface area (Å²) in [5, 5.41) is 3.18. The molecule has 0 saturated carbocycles. The lowest BCUT2D eigenvalue weighted by Crippen LogP contribution is -2.54. The van der Waals surface area contributed by atoms with Crippen molar-refractivity contribution in [2.45, 2.75) is 57.6 Å². The van der Waals surface area contributed by atoms with Gasteiger partial charge in [0.25, 0.3) is 10.0 Å². The Kier molecular flexibility index (Phi) is 10.5. The normalized spacial score (nSPS) is 12.4. The van der Waals surface area contributed by atoms with E-state index in [2.05, 4.69) is 21.2 Å². The van der Waals surface area contributed by atoms with E-state index < -0.39 is 34.1 Å². The van der Waals surface area contributed by atoms with Gasteiger partial charge < -0.3 is 15.0 Å². The maximum atomic E-state index is 14.1. The SMILES string of the molecule is COc1ccc(Cl)cc1N(CC(=O)N(Cc1cccc(Br)c1)C(C)C(=O)NC(C)(C)C)S(=O)(=O)c1ccc(C)cc1. The molecule has 0 spiro atoms. The van der Waals surface area contributed by atoms with E-state index in [0.717, 1.165) is 19.9 Å². The molecular weight excluding hydrogens is 630 g/mol. The van der Waals surface area contributed by atoms with Crippen LogP contribution in [0.5, 0.6) is 5.75 Å². The van der Waals surface area contributed by atoms with Gasteiger partial charge in [0.15, 0.2) is 0 Å². The third kappa shape index (κ3) is 8.47. The average molecular weight is 665 g/mol. The van der Waals surface area contributed by atoms with Gasteiger partial charge in [-0.15, -0.1) is 0 Å². The Morgan fingerprint density at radius 3 is 2.29 bits per heavy atom. The quantitative estimate of drug-likeness (QED) is 0.289. The monoisotopic (exact) mass is 663 g/mol. The fourth-order valence-corrected chi connectivity index (χ4v) is 6.13. The molecule has 0 aliphatic carbocycles. The van der Waals surface area contributed by atoms with Crippen LogP contribution in [0.4, 0.5) is 5.69 Å². The highest BCUT2D eigenvalue weighted by molar-refractivity contribution is 9.10. The smallest absolute Gasteiger partial charge is 0.264 e. The van der Waals surface area contributed by atoms with Crippen molar-refractivity contribution in [3.63, 3.8) is 0 Å². The number of anilines is 1. The van der Waals surface area contributed by atoms with Crippen molar-refractivity contribution in [2.75, 3.05) is 18.0 Å². The number of rotatable bonds is 10. The Morgan fingerprint density at radius 2 is 1.71 bits per heavy atom. The van der Waals surface area contributed by atoms with Gasteiger partial charge in [-0.25, -0.2) is 8.42 Å². The number of ether oxygens (including phenoxy) is 1. The van der Waals surface area contributed by atoms with Crippen LogP contribution in [0.1, 0.15) is 38.8 Å². The molecule has 8 nitrogen and oxygen atoms in total. The zero-order valence-electron chi connectivity index (χ0n) is 23.9. The van der Waals surface area contributed by atoms with Crippen LogP contribution in [0.15, 0.2) is 76.1 Å². The van der Waals surface area contributed by atoms with E-state index in [-0.39, 0.29) is 33.8 Å². The summed E-state index contributed by atoms with van der Waals surface area (Å²) in [4.78, 5) is 28.7. The first-order valence-corrected chi connectivity index (χ1v) is 15.5. The predicted molar refractivity (Wildman–Crippen MR) is 166 cm³/mol. The molecule has 0 radical (unpaired) electrons. The summed E-state index contributed by atoms with van der Waals surface area (Å²) in [5.41, 5.74) is 1.20. The summed E-state index contributed by atoms with van der Waals surface area (Å²) in [7, 11) is -2.86. The lowest BCUT2D eigenvalue weighted by Gasteiger charge is -2.33. The Bertz CT molecular complexity index is 1510. The summed E-state index contributed by atoms with van der Waals surface area (Å²) >= 11 is 9.73. The molecular formula is C30H35BrClN3O5S. The molecule has 1 N–H and O–H groups in total. The number of hydrogen-bond donors (Lipinski definition) is 1. The second-order valence-electron chi connectivity index (χ2n) is 10.7. The van der Waals surface area contributed by atoms with Gasteiger partial charge in [0.1, 0.15) is 18.3 Å². The van der Waals surface area contributed by atoms with Crippen molar-refractivity contribution in [3.05, 3.63) is 87.4 Å². The number of carbonyl (C=O) groups excluding carboxylic acids is 2. The zero-order valence-corrected chi connectivity index (χ0v) is 27.1. The molecule has 3 aromatic rings. The summed E-state index contributed by atoms with van der Waals surface area (Å²) in [6.45, 7) is 8.48. The number of aryl methyl sites for hydroxylation is 1. The average Bonchev–Trinajstić information content (AvgIpc) is 2.89. The topological polar surface area (TPSA) is 96.0 Å². The molecule has 0 aromatic heterocycles. The molecule has 1 atom stereocenters. The third-order valence-corrected chi connectivity index (χ3v) is 8.71. The van der Waals surface area contributed by atoms with E-state index in [1.165, 1.54) is 30.2 Å². The molecule has 41 heavy (non-hydrogen) atoms. The number of halogens is 2. The van der Waals surface area contributed by atoms with Gasteiger partial charge in [0.2, 0.25) is 11.8 Å². The van der Waals surface area contributed by atoms with E-state index in [1.54, 1.807) is 31.2 Å². The first-order valence-electron chi connectivity index (χ1n) is 12.9. The minimum atomic E-state index is -4.26. The number of benzene rings is 3. The van der Waals surface area contributed by atoms with Crippen LogP contribution in [0.2, 0.25) is 5.02 Å². The first-order chi connectivity index (χ1) is 19.1. The molecule has 3 rings (SSSR count). The first kappa shape index (κ1) is 32.4.